The molecule has 2 amide bonds. The minimum Gasteiger partial charge on any atom is -0.349 e. The van der Waals surface area contributed by atoms with Crippen molar-refractivity contribution in [1.29, 1.82) is 0 Å². The molecule has 0 saturated heterocycles. The molecule has 1 aliphatic rings. The van der Waals surface area contributed by atoms with Crippen molar-refractivity contribution in [3.8, 4) is 11.3 Å². The summed E-state index contributed by atoms with van der Waals surface area (Å²) in [5.74, 6) is 0.262. The summed E-state index contributed by atoms with van der Waals surface area (Å²) in [5, 5.41) is 8.88. The lowest BCUT2D eigenvalue weighted by Gasteiger charge is -2.09. The van der Waals surface area contributed by atoms with Crippen LogP contribution in [0, 0.1) is 0 Å². The molecule has 0 radical (unpaired) electrons. The van der Waals surface area contributed by atoms with Gasteiger partial charge in [0.15, 0.2) is 0 Å². The lowest BCUT2D eigenvalue weighted by atomic mass is 10.1. The van der Waals surface area contributed by atoms with E-state index in [1.165, 1.54) is 6.92 Å². The lowest BCUT2D eigenvalue weighted by molar-refractivity contribution is -0.114. The van der Waals surface area contributed by atoms with Crippen LogP contribution in [-0.2, 0) is 4.79 Å². The van der Waals surface area contributed by atoms with Gasteiger partial charge in [-0.15, -0.1) is 0 Å². The van der Waals surface area contributed by atoms with Gasteiger partial charge in [0, 0.05) is 41.7 Å². The van der Waals surface area contributed by atoms with Crippen molar-refractivity contribution in [1.82, 2.24) is 15.3 Å². The highest BCUT2D eigenvalue weighted by molar-refractivity contribution is 5.95. The molecule has 3 aromatic rings. The maximum Gasteiger partial charge on any atom is 0.251 e. The van der Waals surface area contributed by atoms with E-state index in [4.69, 9.17) is 0 Å². The average Bonchev–Trinajstić information content (AvgIpc) is 3.52. The van der Waals surface area contributed by atoms with Gasteiger partial charge in [-0.05, 0) is 49.2 Å². The highest BCUT2D eigenvalue weighted by Gasteiger charge is 2.23. The maximum absolute atomic E-state index is 12.2. The van der Waals surface area contributed by atoms with Crippen molar-refractivity contribution in [2.45, 2.75) is 25.8 Å². The Labute approximate surface area is 168 Å². The molecule has 1 heterocycles. The predicted molar refractivity (Wildman–Crippen MR) is 112 cm³/mol. The summed E-state index contributed by atoms with van der Waals surface area (Å²) in [6.07, 6.45) is 3.78. The van der Waals surface area contributed by atoms with E-state index in [-0.39, 0.29) is 11.8 Å². The summed E-state index contributed by atoms with van der Waals surface area (Å²) in [6.45, 7) is 1.47. The van der Waals surface area contributed by atoms with Gasteiger partial charge in [0.2, 0.25) is 11.9 Å². The van der Waals surface area contributed by atoms with Crippen LogP contribution in [0.3, 0.4) is 0 Å². The van der Waals surface area contributed by atoms with Gasteiger partial charge in [0.05, 0.1) is 5.69 Å². The highest BCUT2D eigenvalue weighted by atomic mass is 16.2. The zero-order valence-corrected chi connectivity index (χ0v) is 16.0. The monoisotopic (exact) mass is 387 g/mol. The van der Waals surface area contributed by atoms with Crippen LogP contribution >= 0.6 is 0 Å². The number of carbonyl (C=O) groups is 2. The molecular weight excluding hydrogens is 366 g/mol. The molecule has 0 aliphatic heterocycles. The highest BCUT2D eigenvalue weighted by Crippen LogP contribution is 2.23. The smallest absolute Gasteiger partial charge is 0.251 e. The molecule has 7 heteroatoms. The second-order valence-electron chi connectivity index (χ2n) is 6.98. The van der Waals surface area contributed by atoms with Crippen LogP contribution in [0.5, 0.6) is 0 Å². The first kappa shape index (κ1) is 18.6. The van der Waals surface area contributed by atoms with Crippen molar-refractivity contribution in [2.24, 2.45) is 0 Å². The Morgan fingerprint density at radius 3 is 2.52 bits per heavy atom. The molecule has 146 valence electrons. The second kappa shape index (κ2) is 8.10. The molecule has 7 nitrogen and oxygen atoms in total. The van der Waals surface area contributed by atoms with Crippen molar-refractivity contribution < 1.29 is 9.59 Å². The number of hydrogen-bond donors (Lipinski definition) is 3. The molecule has 0 unspecified atom stereocenters. The third-order valence-corrected chi connectivity index (χ3v) is 4.45. The van der Waals surface area contributed by atoms with Gasteiger partial charge in [-0.1, -0.05) is 18.2 Å². The molecular formula is C22H21N5O2. The molecule has 0 atom stereocenters. The van der Waals surface area contributed by atoms with E-state index in [1.54, 1.807) is 18.3 Å². The summed E-state index contributed by atoms with van der Waals surface area (Å²) >= 11 is 0. The minimum absolute atomic E-state index is 0.0647. The summed E-state index contributed by atoms with van der Waals surface area (Å²) in [4.78, 5) is 32.2. The van der Waals surface area contributed by atoms with Crippen LogP contribution in [0.1, 0.15) is 30.1 Å². The number of aromatic nitrogens is 2. The zero-order valence-electron chi connectivity index (χ0n) is 16.0. The molecule has 0 spiro atoms. The fraction of sp³-hybridized carbons (Fsp3) is 0.182. The van der Waals surface area contributed by atoms with Crippen molar-refractivity contribution >= 4 is 29.1 Å². The largest absolute Gasteiger partial charge is 0.349 e. The van der Waals surface area contributed by atoms with Gasteiger partial charge < -0.3 is 16.0 Å². The summed E-state index contributed by atoms with van der Waals surface area (Å²) < 4.78 is 0. The number of benzene rings is 2. The quantitative estimate of drug-likeness (QED) is 0.599. The maximum atomic E-state index is 12.2. The molecule has 1 aromatic heterocycles. The Hall–Kier alpha value is -3.74. The van der Waals surface area contributed by atoms with Crippen LogP contribution < -0.4 is 16.0 Å². The SMILES string of the molecule is CC(=O)Nc1ccc(-c2ccnc(Nc3cccc(C(=O)NC4CC4)c3)n2)cc1. The van der Waals surface area contributed by atoms with Gasteiger partial charge in [0.25, 0.3) is 5.91 Å². The topological polar surface area (TPSA) is 96.0 Å². The van der Waals surface area contributed by atoms with E-state index in [2.05, 4.69) is 25.9 Å². The van der Waals surface area contributed by atoms with E-state index in [0.717, 1.165) is 35.5 Å². The second-order valence-corrected chi connectivity index (χ2v) is 6.98. The molecule has 0 bridgehead atoms. The van der Waals surface area contributed by atoms with Crippen molar-refractivity contribution in [3.05, 3.63) is 66.4 Å². The van der Waals surface area contributed by atoms with Gasteiger partial charge in [0.1, 0.15) is 0 Å². The van der Waals surface area contributed by atoms with Crippen LogP contribution in [0.25, 0.3) is 11.3 Å². The van der Waals surface area contributed by atoms with Crippen LogP contribution in [0.2, 0.25) is 0 Å². The van der Waals surface area contributed by atoms with Gasteiger partial charge >= 0.3 is 0 Å². The Morgan fingerprint density at radius 1 is 1.00 bits per heavy atom. The molecule has 1 saturated carbocycles. The van der Waals surface area contributed by atoms with Gasteiger partial charge in [-0.25, -0.2) is 9.97 Å². The Kier molecular flexibility index (Phi) is 5.20. The molecule has 29 heavy (non-hydrogen) atoms. The predicted octanol–water partition coefficient (Wildman–Crippen LogP) is 3.74. The molecule has 2 aromatic carbocycles. The number of anilines is 3. The van der Waals surface area contributed by atoms with Crippen LogP contribution in [0.15, 0.2) is 60.8 Å². The Morgan fingerprint density at radius 2 is 1.79 bits per heavy atom. The number of hydrogen-bond acceptors (Lipinski definition) is 5. The fourth-order valence-corrected chi connectivity index (χ4v) is 2.87. The van der Waals surface area contributed by atoms with Crippen LogP contribution in [0.4, 0.5) is 17.3 Å². The summed E-state index contributed by atoms with van der Waals surface area (Å²) in [6, 6.07) is 16.8. The Bertz CT molecular complexity index is 1050. The first-order valence-corrected chi connectivity index (χ1v) is 9.46. The number of rotatable bonds is 6. The number of nitrogens with one attached hydrogen (secondary N) is 3. The number of nitrogens with zero attached hydrogens (tertiary/aromatic N) is 2. The third kappa shape index (κ3) is 4.95. The normalized spacial score (nSPS) is 12.9. The van der Waals surface area contributed by atoms with E-state index in [9.17, 15) is 9.59 Å². The summed E-state index contributed by atoms with van der Waals surface area (Å²) in [5.41, 5.74) is 3.73. The van der Waals surface area contributed by atoms with Crippen molar-refractivity contribution in [2.75, 3.05) is 10.6 Å². The fourth-order valence-electron chi connectivity index (χ4n) is 2.87. The average molecular weight is 387 g/mol. The lowest BCUT2D eigenvalue weighted by Crippen LogP contribution is -2.25. The first-order valence-electron chi connectivity index (χ1n) is 9.46. The zero-order chi connectivity index (χ0) is 20.2. The Balaban J connectivity index is 1.49. The molecule has 4 rings (SSSR count). The third-order valence-electron chi connectivity index (χ3n) is 4.45. The first-order chi connectivity index (χ1) is 14.1. The minimum atomic E-state index is -0.112. The van der Waals surface area contributed by atoms with E-state index in [0.29, 0.717) is 17.6 Å². The number of amides is 2. The van der Waals surface area contributed by atoms with Crippen molar-refractivity contribution in [3.63, 3.8) is 0 Å². The standard InChI is InChI=1S/C22H21N5O2/c1-14(28)24-17-7-5-15(6-8-17)20-11-12-23-22(27-20)26-19-4-2-3-16(13-19)21(29)25-18-9-10-18/h2-8,11-13,18H,9-10H2,1H3,(H,24,28)(H,25,29)(H,23,26,27). The molecule has 1 fully saturated rings. The van der Waals surface area contributed by atoms with E-state index in [1.807, 2.05) is 42.5 Å². The summed E-state index contributed by atoms with van der Waals surface area (Å²) in [7, 11) is 0. The number of carbonyl (C=O) groups excluding carboxylic acids is 2. The molecule has 1 aliphatic carbocycles. The van der Waals surface area contributed by atoms with E-state index >= 15 is 0 Å². The van der Waals surface area contributed by atoms with Crippen LogP contribution in [-0.4, -0.2) is 27.8 Å². The van der Waals surface area contributed by atoms with E-state index < -0.39 is 0 Å². The molecule has 3 N–H and O–H groups in total. The van der Waals surface area contributed by atoms with Gasteiger partial charge in [-0.3, -0.25) is 9.59 Å². The van der Waals surface area contributed by atoms with Gasteiger partial charge in [-0.2, -0.15) is 0 Å².